The van der Waals surface area contributed by atoms with Crippen LogP contribution in [0.5, 0.6) is 5.75 Å². The van der Waals surface area contributed by atoms with Gasteiger partial charge < -0.3 is 4.74 Å². The van der Waals surface area contributed by atoms with Crippen LogP contribution in [0, 0.1) is 0 Å². The Hall–Kier alpha value is -4.38. The fourth-order valence-electron chi connectivity index (χ4n) is 3.90. The van der Waals surface area contributed by atoms with Crippen LogP contribution in [0.1, 0.15) is 5.56 Å². The summed E-state index contributed by atoms with van der Waals surface area (Å²) in [5.41, 5.74) is 9.03. The first-order chi connectivity index (χ1) is 15.7. The molecule has 0 aromatic heterocycles. The average molecular weight is 414 g/mol. The highest BCUT2D eigenvalue weighted by molar-refractivity contribution is 6.32. The first-order valence-corrected chi connectivity index (χ1v) is 10.3. The molecule has 0 N–H and O–H groups in total. The number of rotatable bonds is 2. The quantitative estimate of drug-likeness (QED) is 0.663. The zero-order valence-corrected chi connectivity index (χ0v) is 17.4. The molecule has 0 saturated carbocycles. The molecular weight excluding hydrogens is 396 g/mol. The number of methoxy groups -OCH3 is 1. The summed E-state index contributed by atoms with van der Waals surface area (Å²) >= 11 is 0. The van der Waals surface area contributed by atoms with E-state index in [9.17, 15) is 0 Å². The highest BCUT2D eigenvalue weighted by atomic mass is 16.5. The molecule has 5 nitrogen and oxygen atoms in total. The van der Waals surface area contributed by atoms with Gasteiger partial charge in [0.25, 0.3) is 0 Å². The lowest BCUT2D eigenvalue weighted by Gasteiger charge is -2.05. The minimum absolute atomic E-state index is 0.822. The largest absolute Gasteiger partial charge is 0.497 e. The Bertz CT molecular complexity index is 1410. The van der Waals surface area contributed by atoms with Crippen molar-refractivity contribution in [3.8, 4) is 5.75 Å². The number of fused-ring (bicyclic) bond motifs is 4. The molecule has 0 aliphatic carbocycles. The Morgan fingerprint density at radius 3 is 1.62 bits per heavy atom. The van der Waals surface area contributed by atoms with Gasteiger partial charge in [-0.3, -0.25) is 0 Å². The Labute approximate surface area is 185 Å². The molecule has 0 amide bonds. The van der Waals surface area contributed by atoms with Gasteiger partial charge in [0.15, 0.2) is 0 Å². The molecule has 5 heterocycles. The summed E-state index contributed by atoms with van der Waals surface area (Å²) in [4.78, 5) is 19.0. The van der Waals surface area contributed by atoms with Crippen molar-refractivity contribution in [2.45, 2.75) is 0 Å². The minimum atomic E-state index is 0.822. The maximum absolute atomic E-state index is 5.31. The van der Waals surface area contributed by atoms with E-state index >= 15 is 0 Å². The molecule has 0 radical (unpaired) electrons. The molecular formula is C27H18N4O. The highest BCUT2D eigenvalue weighted by Crippen LogP contribution is 2.30. The standard InChI is InChI=1S/C27H18N4O/c1-32-25-10-2-17(3-11-25)26-15-24-14-22-7-6-20(29-22)12-18-4-5-19(28-18)13-21-8-9-23(30-21)16-27(26)31-24/h2-16H,1H3. The Morgan fingerprint density at radius 1 is 0.531 bits per heavy atom. The molecule has 152 valence electrons. The summed E-state index contributed by atoms with van der Waals surface area (Å²) in [5.74, 6) is 0.822. The predicted octanol–water partition coefficient (Wildman–Crippen LogP) is 5.11. The number of nitrogens with zero attached hydrogens (tertiary/aromatic N) is 4. The fourth-order valence-corrected chi connectivity index (χ4v) is 3.90. The van der Waals surface area contributed by atoms with Crippen LogP contribution < -0.4 is 4.74 Å². The van der Waals surface area contributed by atoms with Crippen molar-refractivity contribution >= 4 is 28.4 Å². The third-order valence-corrected chi connectivity index (χ3v) is 5.44. The molecule has 0 atom stereocenters. The van der Waals surface area contributed by atoms with E-state index in [1.54, 1.807) is 7.11 Å². The van der Waals surface area contributed by atoms with Gasteiger partial charge in [0, 0.05) is 5.57 Å². The topological polar surface area (TPSA) is 58.7 Å². The monoisotopic (exact) mass is 414 g/mol. The van der Waals surface area contributed by atoms with Crippen molar-refractivity contribution in [2.24, 2.45) is 20.0 Å². The normalized spacial score (nSPS) is 20.1. The maximum atomic E-state index is 5.31. The van der Waals surface area contributed by atoms with Crippen molar-refractivity contribution < 1.29 is 4.74 Å². The summed E-state index contributed by atoms with van der Waals surface area (Å²) in [6.45, 7) is 0. The van der Waals surface area contributed by atoms with Crippen LogP contribution in [0.15, 0.2) is 134 Å². The zero-order chi connectivity index (χ0) is 21.5. The molecule has 0 fully saturated rings. The zero-order valence-electron chi connectivity index (χ0n) is 17.4. The smallest absolute Gasteiger partial charge is 0.118 e. The van der Waals surface area contributed by atoms with Crippen LogP contribution in [0.2, 0.25) is 0 Å². The summed E-state index contributed by atoms with van der Waals surface area (Å²) in [6, 6.07) is 8.01. The van der Waals surface area contributed by atoms with Crippen molar-refractivity contribution in [3.05, 3.63) is 119 Å². The molecule has 1 aromatic rings. The molecule has 32 heavy (non-hydrogen) atoms. The van der Waals surface area contributed by atoms with Crippen molar-refractivity contribution in [1.82, 2.24) is 0 Å². The Kier molecular flexibility index (Phi) is 4.25. The second kappa shape index (κ2) is 7.39. The van der Waals surface area contributed by atoms with Gasteiger partial charge in [-0.1, -0.05) is 12.1 Å². The second-order valence-corrected chi connectivity index (χ2v) is 7.67. The second-order valence-electron chi connectivity index (χ2n) is 7.67. The van der Waals surface area contributed by atoms with Gasteiger partial charge in [0.1, 0.15) is 5.75 Å². The number of hydrogen-bond acceptors (Lipinski definition) is 5. The van der Waals surface area contributed by atoms with Crippen molar-refractivity contribution in [3.63, 3.8) is 0 Å². The summed E-state index contributed by atoms with van der Waals surface area (Å²) in [7, 11) is 1.67. The molecule has 5 aliphatic heterocycles. The maximum Gasteiger partial charge on any atom is 0.118 e. The fraction of sp³-hybridized carbons (Fsp3) is 0.0370. The first kappa shape index (κ1) is 18.4. The lowest BCUT2D eigenvalue weighted by molar-refractivity contribution is 0.415. The number of allylic oxidation sites excluding steroid dienone is 12. The van der Waals surface area contributed by atoms with Gasteiger partial charge in [-0.15, -0.1) is 0 Å². The lowest BCUT2D eigenvalue weighted by Crippen LogP contribution is -1.96. The van der Waals surface area contributed by atoms with Crippen LogP contribution in [-0.4, -0.2) is 30.0 Å². The molecule has 6 rings (SSSR count). The van der Waals surface area contributed by atoms with E-state index in [0.717, 1.165) is 62.5 Å². The van der Waals surface area contributed by atoms with E-state index < -0.39 is 0 Å². The number of ether oxygens (including phenoxy) is 1. The summed E-state index contributed by atoms with van der Waals surface area (Å²) in [6.07, 6.45) is 22.0. The van der Waals surface area contributed by atoms with E-state index in [1.807, 2.05) is 85.0 Å². The minimum Gasteiger partial charge on any atom is -0.497 e. The predicted molar refractivity (Wildman–Crippen MR) is 130 cm³/mol. The van der Waals surface area contributed by atoms with Crippen LogP contribution in [0.3, 0.4) is 0 Å². The molecule has 5 heteroatoms. The Balaban J connectivity index is 1.48. The molecule has 8 bridgehead atoms. The average Bonchev–Trinajstić information content (AvgIpc) is 3.59. The van der Waals surface area contributed by atoms with Crippen LogP contribution >= 0.6 is 0 Å². The van der Waals surface area contributed by atoms with E-state index in [2.05, 4.69) is 11.1 Å². The number of aliphatic imine (C=N–C) groups is 4. The molecule has 1 aromatic carbocycles. The van der Waals surface area contributed by atoms with Gasteiger partial charge in [-0.05, 0) is 84.5 Å². The van der Waals surface area contributed by atoms with Crippen molar-refractivity contribution in [1.29, 1.82) is 0 Å². The number of benzene rings is 1. The van der Waals surface area contributed by atoms with Crippen LogP contribution in [-0.2, 0) is 0 Å². The van der Waals surface area contributed by atoms with Crippen LogP contribution in [0.25, 0.3) is 5.57 Å². The third-order valence-electron chi connectivity index (χ3n) is 5.44. The van der Waals surface area contributed by atoms with E-state index in [1.165, 1.54) is 0 Å². The molecule has 0 saturated heterocycles. The van der Waals surface area contributed by atoms with E-state index in [-0.39, 0.29) is 0 Å². The van der Waals surface area contributed by atoms with Crippen LogP contribution in [0.4, 0.5) is 0 Å². The SMILES string of the molecule is COc1ccc(C2=CC3=CC4=NC(=CC5=NC(=CC6=NC(=CC2=N3)C=C6)C=C5)C=C4)cc1. The van der Waals surface area contributed by atoms with Gasteiger partial charge in [-0.2, -0.15) is 0 Å². The molecule has 5 aliphatic rings. The summed E-state index contributed by atoms with van der Waals surface area (Å²) < 4.78 is 5.31. The van der Waals surface area contributed by atoms with Gasteiger partial charge in [0.05, 0.1) is 52.7 Å². The Morgan fingerprint density at radius 2 is 1.06 bits per heavy atom. The van der Waals surface area contributed by atoms with Gasteiger partial charge >= 0.3 is 0 Å². The van der Waals surface area contributed by atoms with E-state index in [0.29, 0.717) is 0 Å². The highest BCUT2D eigenvalue weighted by Gasteiger charge is 2.18. The number of hydrogen-bond donors (Lipinski definition) is 0. The first-order valence-electron chi connectivity index (χ1n) is 10.3. The van der Waals surface area contributed by atoms with Crippen molar-refractivity contribution in [2.75, 3.05) is 7.11 Å². The third kappa shape index (κ3) is 3.50. The van der Waals surface area contributed by atoms with Gasteiger partial charge in [0.2, 0.25) is 0 Å². The molecule has 0 spiro atoms. The summed E-state index contributed by atoms with van der Waals surface area (Å²) in [5, 5.41) is 0. The molecule has 0 unspecified atom stereocenters. The van der Waals surface area contributed by atoms with Gasteiger partial charge in [-0.25, -0.2) is 20.0 Å². The van der Waals surface area contributed by atoms with E-state index in [4.69, 9.17) is 19.7 Å². The lowest BCUT2D eigenvalue weighted by atomic mass is 10.0.